The number of benzene rings is 2. The number of para-hydroxylation sites is 1. The smallest absolute Gasteiger partial charge is 0.338 e. The van der Waals surface area contributed by atoms with E-state index in [1.54, 1.807) is 31.2 Å². The molecule has 2 aromatic carbocycles. The van der Waals surface area contributed by atoms with Crippen LogP contribution in [0.5, 0.6) is 5.75 Å². The van der Waals surface area contributed by atoms with E-state index in [1.165, 1.54) is 0 Å². The molecule has 6 heteroatoms. The highest BCUT2D eigenvalue weighted by Gasteiger charge is 2.09. The molecule has 2 rings (SSSR count). The molecule has 0 saturated carbocycles. The summed E-state index contributed by atoms with van der Waals surface area (Å²) in [6.45, 7) is 3.47. The van der Waals surface area contributed by atoms with Gasteiger partial charge in [0.25, 0.3) is 0 Å². The molecule has 0 spiro atoms. The minimum absolute atomic E-state index is 0.129. The summed E-state index contributed by atoms with van der Waals surface area (Å²) in [7, 11) is 1.86. The third kappa shape index (κ3) is 6.57. The van der Waals surface area contributed by atoms with Crippen molar-refractivity contribution < 1.29 is 19.1 Å². The summed E-state index contributed by atoms with van der Waals surface area (Å²) in [5.74, 6) is 0.312. The Morgan fingerprint density at radius 2 is 1.73 bits per heavy atom. The number of carbonyl (C=O) groups is 2. The lowest BCUT2D eigenvalue weighted by Gasteiger charge is -2.16. The second kappa shape index (κ2) is 10.2. The molecule has 0 atom stereocenters. The van der Waals surface area contributed by atoms with E-state index in [4.69, 9.17) is 9.47 Å². The number of nitrogens with zero attached hydrogens (tertiary/aromatic N) is 1. The van der Waals surface area contributed by atoms with Gasteiger partial charge in [0.05, 0.1) is 18.7 Å². The van der Waals surface area contributed by atoms with Crippen LogP contribution in [0, 0.1) is 0 Å². The summed E-state index contributed by atoms with van der Waals surface area (Å²) in [6, 6.07) is 16.2. The van der Waals surface area contributed by atoms with Crippen molar-refractivity contribution in [2.24, 2.45) is 0 Å². The maximum atomic E-state index is 12.1. The normalized spacial score (nSPS) is 10.4. The van der Waals surface area contributed by atoms with Gasteiger partial charge in [-0.15, -0.1) is 0 Å². The number of nitrogens with one attached hydrogen (secondary N) is 1. The van der Waals surface area contributed by atoms with E-state index in [-0.39, 0.29) is 18.4 Å². The quantitative estimate of drug-likeness (QED) is 0.700. The molecular weight excluding hydrogens is 332 g/mol. The monoisotopic (exact) mass is 356 g/mol. The van der Waals surface area contributed by atoms with Gasteiger partial charge in [-0.05, 0) is 50.4 Å². The van der Waals surface area contributed by atoms with Gasteiger partial charge in [0.2, 0.25) is 5.91 Å². The number of hydrogen-bond donors (Lipinski definition) is 1. The number of ether oxygens (including phenoxy) is 2. The molecule has 138 valence electrons. The van der Waals surface area contributed by atoms with Crippen LogP contribution >= 0.6 is 0 Å². The van der Waals surface area contributed by atoms with Crippen molar-refractivity contribution in [2.75, 3.05) is 38.7 Å². The van der Waals surface area contributed by atoms with Crippen LogP contribution in [0.25, 0.3) is 0 Å². The highest BCUT2D eigenvalue weighted by atomic mass is 16.5. The standard InChI is InChI=1S/C20H24N2O4/c1-3-25-20(24)16-9-11-17(12-10-16)21-19(23)15-22(2)13-14-26-18-7-5-4-6-8-18/h4-12H,3,13-15H2,1-2H3,(H,21,23). The Morgan fingerprint density at radius 3 is 2.38 bits per heavy atom. The van der Waals surface area contributed by atoms with E-state index in [0.717, 1.165) is 5.75 Å². The molecule has 0 saturated heterocycles. The Kier molecular flexibility index (Phi) is 7.64. The lowest BCUT2D eigenvalue weighted by Crippen LogP contribution is -2.33. The Balaban J connectivity index is 1.72. The number of likely N-dealkylation sites (N-methyl/N-ethyl adjacent to an activating group) is 1. The van der Waals surface area contributed by atoms with Crippen LogP contribution < -0.4 is 10.1 Å². The van der Waals surface area contributed by atoms with E-state index in [0.29, 0.717) is 31.0 Å². The zero-order valence-corrected chi connectivity index (χ0v) is 15.1. The van der Waals surface area contributed by atoms with Crippen molar-refractivity contribution in [3.63, 3.8) is 0 Å². The SMILES string of the molecule is CCOC(=O)c1ccc(NC(=O)CN(C)CCOc2ccccc2)cc1. The fourth-order valence-corrected chi connectivity index (χ4v) is 2.26. The summed E-state index contributed by atoms with van der Waals surface area (Å²) in [6.07, 6.45) is 0. The summed E-state index contributed by atoms with van der Waals surface area (Å²) in [5, 5.41) is 2.81. The fourth-order valence-electron chi connectivity index (χ4n) is 2.26. The second-order valence-corrected chi connectivity index (χ2v) is 5.75. The Morgan fingerprint density at radius 1 is 1.04 bits per heavy atom. The molecule has 26 heavy (non-hydrogen) atoms. The third-order valence-corrected chi connectivity index (χ3v) is 3.58. The highest BCUT2D eigenvalue weighted by Crippen LogP contribution is 2.11. The summed E-state index contributed by atoms with van der Waals surface area (Å²) >= 11 is 0. The molecule has 0 aliphatic heterocycles. The van der Waals surface area contributed by atoms with Gasteiger partial charge in [0, 0.05) is 12.2 Å². The molecule has 0 radical (unpaired) electrons. The molecule has 2 aromatic rings. The van der Waals surface area contributed by atoms with E-state index in [2.05, 4.69) is 5.32 Å². The first-order valence-electron chi connectivity index (χ1n) is 8.52. The zero-order valence-electron chi connectivity index (χ0n) is 15.1. The molecule has 0 aromatic heterocycles. The third-order valence-electron chi connectivity index (χ3n) is 3.58. The van der Waals surface area contributed by atoms with Crippen molar-refractivity contribution in [3.05, 3.63) is 60.2 Å². The van der Waals surface area contributed by atoms with Crippen LogP contribution in [0.2, 0.25) is 0 Å². The number of hydrogen-bond acceptors (Lipinski definition) is 5. The number of amides is 1. The van der Waals surface area contributed by atoms with Crippen LogP contribution in [0.4, 0.5) is 5.69 Å². The number of esters is 1. The van der Waals surface area contributed by atoms with E-state index in [9.17, 15) is 9.59 Å². The fraction of sp³-hybridized carbons (Fsp3) is 0.300. The van der Waals surface area contributed by atoms with Gasteiger partial charge < -0.3 is 14.8 Å². The van der Waals surface area contributed by atoms with Crippen LogP contribution in [0.15, 0.2) is 54.6 Å². The van der Waals surface area contributed by atoms with Crippen LogP contribution in [0.3, 0.4) is 0 Å². The topological polar surface area (TPSA) is 67.9 Å². The first-order chi connectivity index (χ1) is 12.6. The average Bonchev–Trinajstić information content (AvgIpc) is 2.63. The maximum absolute atomic E-state index is 12.1. The minimum atomic E-state index is -0.372. The van der Waals surface area contributed by atoms with Crippen molar-refractivity contribution >= 4 is 17.6 Å². The lowest BCUT2D eigenvalue weighted by atomic mass is 10.2. The molecule has 0 fully saturated rings. The first kappa shape index (κ1) is 19.5. The van der Waals surface area contributed by atoms with E-state index >= 15 is 0 Å². The highest BCUT2D eigenvalue weighted by molar-refractivity contribution is 5.93. The minimum Gasteiger partial charge on any atom is -0.492 e. The van der Waals surface area contributed by atoms with Crippen molar-refractivity contribution in [3.8, 4) is 5.75 Å². The second-order valence-electron chi connectivity index (χ2n) is 5.75. The molecule has 0 unspecified atom stereocenters. The molecule has 1 N–H and O–H groups in total. The van der Waals surface area contributed by atoms with Crippen LogP contribution in [-0.4, -0.2) is 50.1 Å². The van der Waals surface area contributed by atoms with Gasteiger partial charge in [-0.3, -0.25) is 9.69 Å². The number of rotatable bonds is 9. The molecule has 6 nitrogen and oxygen atoms in total. The molecule has 0 bridgehead atoms. The summed E-state index contributed by atoms with van der Waals surface area (Å²) in [5.41, 5.74) is 1.09. The van der Waals surface area contributed by atoms with Crippen molar-refractivity contribution in [2.45, 2.75) is 6.92 Å². The molecule has 0 aliphatic carbocycles. The Hall–Kier alpha value is -2.86. The van der Waals surface area contributed by atoms with Gasteiger partial charge in [0.15, 0.2) is 0 Å². The largest absolute Gasteiger partial charge is 0.492 e. The Labute approximate surface area is 153 Å². The molecule has 1 amide bonds. The summed E-state index contributed by atoms with van der Waals surface area (Å²) in [4.78, 5) is 25.6. The van der Waals surface area contributed by atoms with Gasteiger partial charge in [-0.25, -0.2) is 4.79 Å². The van der Waals surface area contributed by atoms with Gasteiger partial charge in [0.1, 0.15) is 12.4 Å². The number of carbonyl (C=O) groups excluding carboxylic acids is 2. The predicted octanol–water partition coefficient (Wildman–Crippen LogP) is 2.81. The maximum Gasteiger partial charge on any atom is 0.338 e. The van der Waals surface area contributed by atoms with E-state index in [1.807, 2.05) is 42.3 Å². The number of anilines is 1. The Bertz CT molecular complexity index is 702. The average molecular weight is 356 g/mol. The lowest BCUT2D eigenvalue weighted by molar-refractivity contribution is -0.117. The molecule has 0 aliphatic rings. The van der Waals surface area contributed by atoms with Crippen molar-refractivity contribution in [1.82, 2.24) is 4.90 Å². The van der Waals surface area contributed by atoms with Gasteiger partial charge >= 0.3 is 5.97 Å². The molecule has 0 heterocycles. The summed E-state index contributed by atoms with van der Waals surface area (Å²) < 4.78 is 10.5. The van der Waals surface area contributed by atoms with Crippen molar-refractivity contribution in [1.29, 1.82) is 0 Å². The first-order valence-corrected chi connectivity index (χ1v) is 8.52. The zero-order chi connectivity index (χ0) is 18.8. The van der Waals surface area contributed by atoms with Crippen LogP contribution in [0.1, 0.15) is 17.3 Å². The van der Waals surface area contributed by atoms with Crippen LogP contribution in [-0.2, 0) is 9.53 Å². The van der Waals surface area contributed by atoms with E-state index < -0.39 is 0 Å². The van der Waals surface area contributed by atoms with Gasteiger partial charge in [-0.2, -0.15) is 0 Å². The molecular formula is C20H24N2O4. The van der Waals surface area contributed by atoms with Gasteiger partial charge in [-0.1, -0.05) is 18.2 Å². The predicted molar refractivity (Wildman–Crippen MR) is 100 cm³/mol.